The number of benzene rings is 2. The average molecular weight is 451 g/mol. The molecule has 15 heteroatoms. The van der Waals surface area contributed by atoms with Gasteiger partial charge in [0.2, 0.25) is 0 Å². The maximum absolute atomic E-state index is 12.8. The molecule has 160 valence electrons. The first-order chi connectivity index (χ1) is 14.4. The summed E-state index contributed by atoms with van der Waals surface area (Å²) >= 11 is 0. The van der Waals surface area contributed by atoms with E-state index in [0.29, 0.717) is 12.1 Å². The Morgan fingerprint density at radius 1 is 0.903 bits per heavy atom. The molecule has 0 amide bonds. The van der Waals surface area contributed by atoms with Gasteiger partial charge in [-0.05, 0) is 6.07 Å². The number of hydrogen-bond donors (Lipinski definition) is 0. The van der Waals surface area contributed by atoms with Gasteiger partial charge in [-0.2, -0.15) is 0 Å². The average Bonchev–Trinajstić information content (AvgIpc) is 2.98. The first kappa shape index (κ1) is 21.4. The van der Waals surface area contributed by atoms with Crippen molar-refractivity contribution in [2.75, 3.05) is 12.9 Å². The molecule has 0 unspecified atom stereocenters. The van der Waals surface area contributed by atoms with Gasteiger partial charge in [-0.25, -0.2) is 8.42 Å². The van der Waals surface area contributed by atoms with E-state index < -0.39 is 86.3 Å². The van der Waals surface area contributed by atoms with E-state index in [9.17, 15) is 48.3 Å². The number of nitro benzene ring substituents is 3. The number of non-ortho nitro benzene ring substituents is 1. The second kappa shape index (κ2) is 7.21. The quantitative estimate of drug-likeness (QED) is 0.298. The highest BCUT2D eigenvalue weighted by Gasteiger charge is 2.42. The number of fused-ring (bicyclic) bond motifs is 3. The highest BCUT2D eigenvalue weighted by Crippen LogP contribution is 2.49. The van der Waals surface area contributed by atoms with E-state index in [0.717, 1.165) is 19.2 Å². The van der Waals surface area contributed by atoms with Gasteiger partial charge in [0, 0.05) is 23.3 Å². The minimum Gasteiger partial charge on any atom is -0.468 e. The molecule has 2 aromatic rings. The molecule has 0 saturated carbocycles. The van der Waals surface area contributed by atoms with Gasteiger partial charge in [0.1, 0.15) is 0 Å². The van der Waals surface area contributed by atoms with E-state index in [4.69, 9.17) is 0 Å². The summed E-state index contributed by atoms with van der Waals surface area (Å²) in [5.74, 6) is -3.41. The minimum absolute atomic E-state index is 0.529. The summed E-state index contributed by atoms with van der Waals surface area (Å²) in [4.78, 5) is 54.5. The normalized spacial score (nSPS) is 12.1. The number of carbonyl (C=O) groups excluding carboxylic acids is 2. The van der Waals surface area contributed by atoms with Gasteiger partial charge >= 0.3 is 5.97 Å². The van der Waals surface area contributed by atoms with Crippen LogP contribution in [0.5, 0.6) is 0 Å². The smallest absolute Gasteiger partial charge is 0.321 e. The van der Waals surface area contributed by atoms with Crippen LogP contribution < -0.4 is 0 Å². The molecule has 0 N–H and O–H groups in total. The third-order valence-corrected chi connectivity index (χ3v) is 6.00. The van der Waals surface area contributed by atoms with Gasteiger partial charge in [0.15, 0.2) is 21.4 Å². The van der Waals surface area contributed by atoms with E-state index in [1.54, 1.807) is 0 Å². The zero-order chi connectivity index (χ0) is 23.2. The van der Waals surface area contributed by atoms with Crippen LogP contribution in [0.3, 0.4) is 0 Å². The van der Waals surface area contributed by atoms with Crippen LogP contribution in [0.15, 0.2) is 29.2 Å². The second-order valence-electron chi connectivity index (χ2n) is 6.19. The van der Waals surface area contributed by atoms with Crippen LogP contribution in [0.4, 0.5) is 17.1 Å². The van der Waals surface area contributed by atoms with Crippen molar-refractivity contribution in [3.8, 4) is 11.1 Å². The molecule has 31 heavy (non-hydrogen) atoms. The number of nitrogens with zero attached hydrogens (tertiary/aromatic N) is 3. The first-order valence-electron chi connectivity index (χ1n) is 8.03. The van der Waals surface area contributed by atoms with Gasteiger partial charge in [-0.3, -0.25) is 39.9 Å². The predicted molar refractivity (Wildman–Crippen MR) is 99.3 cm³/mol. The summed E-state index contributed by atoms with van der Waals surface area (Å²) < 4.78 is 29.2. The molecule has 1 aliphatic carbocycles. The first-order valence-corrected chi connectivity index (χ1v) is 9.68. The zero-order valence-corrected chi connectivity index (χ0v) is 16.1. The third-order valence-electron chi connectivity index (χ3n) is 4.43. The van der Waals surface area contributed by atoms with Gasteiger partial charge in [-0.15, -0.1) is 0 Å². The Labute approximate surface area is 171 Å². The molecule has 3 rings (SSSR count). The number of esters is 1. The Balaban J connectivity index is 2.38. The van der Waals surface area contributed by atoms with E-state index in [-0.39, 0.29) is 0 Å². The number of rotatable bonds is 6. The molecule has 0 saturated heterocycles. The van der Waals surface area contributed by atoms with E-state index >= 15 is 0 Å². The van der Waals surface area contributed by atoms with Gasteiger partial charge in [0.25, 0.3) is 17.1 Å². The molecule has 0 radical (unpaired) electrons. The second-order valence-corrected chi connectivity index (χ2v) is 8.18. The number of nitro groups is 3. The number of methoxy groups -OCH3 is 1. The van der Waals surface area contributed by atoms with Crippen LogP contribution in [-0.4, -0.2) is 47.8 Å². The summed E-state index contributed by atoms with van der Waals surface area (Å²) in [5, 5.41) is 34.2. The summed E-state index contributed by atoms with van der Waals surface area (Å²) in [7, 11) is -3.56. The largest absolute Gasteiger partial charge is 0.468 e. The molecule has 1 aliphatic rings. The number of sulfone groups is 1. The lowest BCUT2D eigenvalue weighted by atomic mass is 10.0. The van der Waals surface area contributed by atoms with Crippen molar-refractivity contribution >= 4 is 38.7 Å². The monoisotopic (exact) mass is 451 g/mol. The number of hydrogen-bond acceptors (Lipinski definition) is 11. The van der Waals surface area contributed by atoms with Crippen LogP contribution in [-0.2, 0) is 19.4 Å². The highest BCUT2D eigenvalue weighted by atomic mass is 32.2. The van der Waals surface area contributed by atoms with Crippen molar-refractivity contribution in [3.63, 3.8) is 0 Å². The molecule has 0 heterocycles. The third kappa shape index (κ3) is 3.46. The Kier molecular flexibility index (Phi) is 4.98. The minimum atomic E-state index is -4.48. The lowest BCUT2D eigenvalue weighted by Crippen LogP contribution is -2.18. The Hall–Kier alpha value is -4.27. The van der Waals surface area contributed by atoms with Gasteiger partial charge in [-0.1, -0.05) is 0 Å². The molecule has 0 spiro atoms. The molecule has 0 aliphatic heterocycles. The predicted octanol–water partition coefficient (Wildman–Crippen LogP) is 1.57. The van der Waals surface area contributed by atoms with Gasteiger partial charge in [0.05, 0.1) is 44.0 Å². The maximum atomic E-state index is 12.8. The van der Waals surface area contributed by atoms with E-state index in [1.807, 2.05) is 0 Å². The SMILES string of the molecule is COC(=O)CS(=O)(=O)c1cc2c(c([N+](=O)[O-])c1)-c1c(cc([N+](=O)[O-])cc1[N+](=O)[O-])C2=O. The van der Waals surface area contributed by atoms with Crippen LogP contribution in [0.2, 0.25) is 0 Å². The molecule has 2 aromatic carbocycles. The molecule has 0 fully saturated rings. The molecular formula is C16H9N3O11S. The fourth-order valence-electron chi connectivity index (χ4n) is 3.11. The number of ether oxygens (including phenoxy) is 1. The number of carbonyl (C=O) groups is 2. The van der Waals surface area contributed by atoms with Gasteiger partial charge < -0.3 is 4.74 Å². The summed E-state index contributed by atoms with van der Waals surface area (Å²) in [5.41, 5.74) is -4.87. The van der Waals surface area contributed by atoms with E-state index in [1.165, 1.54) is 0 Å². The molecule has 0 atom stereocenters. The van der Waals surface area contributed by atoms with Crippen LogP contribution in [0, 0.1) is 30.3 Å². The molecular weight excluding hydrogens is 442 g/mol. The summed E-state index contributed by atoms with van der Waals surface area (Å²) in [6, 6.07) is 2.56. The van der Waals surface area contributed by atoms with Crippen LogP contribution in [0.25, 0.3) is 11.1 Å². The molecule has 14 nitrogen and oxygen atoms in total. The maximum Gasteiger partial charge on any atom is 0.321 e. The van der Waals surface area contributed by atoms with Crippen molar-refractivity contribution in [2.45, 2.75) is 4.90 Å². The molecule has 0 bridgehead atoms. The van der Waals surface area contributed by atoms with Crippen LogP contribution in [0.1, 0.15) is 15.9 Å². The van der Waals surface area contributed by atoms with Crippen molar-refractivity contribution in [1.82, 2.24) is 0 Å². The zero-order valence-electron chi connectivity index (χ0n) is 15.3. The molecule has 0 aromatic heterocycles. The van der Waals surface area contributed by atoms with Crippen molar-refractivity contribution in [1.29, 1.82) is 0 Å². The topological polar surface area (TPSA) is 207 Å². The standard InChI is InChI=1S/C16H9N3O11S/c1-30-13(20)6-31(28,29)8-4-10-15(12(5-8)19(26)27)14-9(16(10)21)2-7(17(22)23)3-11(14)18(24)25/h2-5H,6H2,1H3. The summed E-state index contributed by atoms with van der Waals surface area (Å²) in [6.45, 7) is 0. The van der Waals surface area contributed by atoms with Crippen LogP contribution >= 0.6 is 0 Å². The fourth-order valence-corrected chi connectivity index (χ4v) is 4.30. The Morgan fingerprint density at radius 2 is 1.42 bits per heavy atom. The Bertz CT molecular complexity index is 1330. The van der Waals surface area contributed by atoms with E-state index in [2.05, 4.69) is 4.74 Å². The Morgan fingerprint density at radius 3 is 1.90 bits per heavy atom. The summed E-state index contributed by atoms with van der Waals surface area (Å²) in [6.07, 6.45) is 0. The number of ketones is 1. The lowest BCUT2D eigenvalue weighted by molar-refractivity contribution is -0.394. The van der Waals surface area contributed by atoms with Crippen molar-refractivity contribution in [2.24, 2.45) is 0 Å². The fraction of sp³-hybridized carbons (Fsp3) is 0.125. The van der Waals surface area contributed by atoms with Crippen molar-refractivity contribution < 1.29 is 37.5 Å². The highest BCUT2D eigenvalue weighted by molar-refractivity contribution is 7.92. The van der Waals surface area contributed by atoms with Crippen molar-refractivity contribution in [3.05, 3.63) is 65.7 Å². The lowest BCUT2D eigenvalue weighted by Gasteiger charge is -2.07.